The smallest absolute Gasteiger partial charge is 0.412 e. The number of carbonyl (C=O) groups is 1. The van der Waals surface area contributed by atoms with E-state index >= 15 is 0 Å². The van der Waals surface area contributed by atoms with E-state index in [9.17, 15) is 18.4 Å². The van der Waals surface area contributed by atoms with Crippen molar-refractivity contribution in [2.24, 2.45) is 7.05 Å². The molecule has 3 heterocycles. The van der Waals surface area contributed by atoms with Crippen LogP contribution >= 0.6 is 0 Å². The number of nitrogens with one attached hydrogen (secondary N) is 1. The molecule has 192 valence electrons. The number of hydrogen-bond acceptors (Lipinski definition) is 5. The normalized spacial score (nSPS) is 11.6. The van der Waals surface area contributed by atoms with Crippen LogP contribution in [0.3, 0.4) is 0 Å². The van der Waals surface area contributed by atoms with Crippen molar-refractivity contribution in [3.05, 3.63) is 95.7 Å². The van der Waals surface area contributed by atoms with Gasteiger partial charge in [0.05, 0.1) is 35.0 Å². The van der Waals surface area contributed by atoms with Crippen molar-refractivity contribution in [3.8, 4) is 16.8 Å². The standard InChI is InChI=1S/C28H23F2N5O3/c1-4-28(29,30)19-7-6-8-20(14-19)35-25-21-13-17(9-11-22(21)31-16-23(25)34(3)27(35)37)18-10-12-24(32-15-18)33-26(36)38-5-2/h4,6-16H,1,5H2,2-3H3,(H,32,33,36). The van der Waals surface area contributed by atoms with Crippen molar-refractivity contribution in [2.75, 3.05) is 11.9 Å². The van der Waals surface area contributed by atoms with Crippen LogP contribution in [0.1, 0.15) is 12.5 Å². The molecule has 5 aromatic rings. The zero-order chi connectivity index (χ0) is 27.0. The molecule has 10 heteroatoms. The average molecular weight is 516 g/mol. The summed E-state index contributed by atoms with van der Waals surface area (Å²) in [6, 6.07) is 14.7. The molecule has 0 aliphatic carbocycles. The summed E-state index contributed by atoms with van der Waals surface area (Å²) in [4.78, 5) is 33.8. The highest BCUT2D eigenvalue weighted by Crippen LogP contribution is 2.33. The van der Waals surface area contributed by atoms with Gasteiger partial charge in [-0.25, -0.2) is 14.6 Å². The monoisotopic (exact) mass is 515 g/mol. The van der Waals surface area contributed by atoms with Crippen molar-refractivity contribution in [2.45, 2.75) is 12.8 Å². The van der Waals surface area contributed by atoms with Crippen LogP contribution in [0.5, 0.6) is 0 Å². The van der Waals surface area contributed by atoms with Crippen LogP contribution in [0.2, 0.25) is 0 Å². The van der Waals surface area contributed by atoms with Gasteiger partial charge in [-0.05, 0) is 55.0 Å². The minimum atomic E-state index is -3.25. The number of alkyl halides is 2. The lowest BCUT2D eigenvalue weighted by molar-refractivity contribution is 0.0525. The molecule has 2 aromatic carbocycles. The third-order valence-corrected chi connectivity index (χ3v) is 6.23. The number of fused-ring (bicyclic) bond motifs is 3. The van der Waals surface area contributed by atoms with Crippen molar-refractivity contribution >= 4 is 33.8 Å². The zero-order valence-corrected chi connectivity index (χ0v) is 20.6. The van der Waals surface area contributed by atoms with E-state index in [0.717, 1.165) is 11.1 Å². The molecule has 1 amide bonds. The number of pyridine rings is 2. The average Bonchev–Trinajstić information content (AvgIpc) is 3.19. The highest BCUT2D eigenvalue weighted by Gasteiger charge is 2.28. The van der Waals surface area contributed by atoms with Gasteiger partial charge < -0.3 is 4.74 Å². The summed E-state index contributed by atoms with van der Waals surface area (Å²) < 4.78 is 36.5. The van der Waals surface area contributed by atoms with Gasteiger partial charge in [0.15, 0.2) is 0 Å². The first kappa shape index (κ1) is 24.8. The number of aryl methyl sites for hydroxylation is 1. The highest BCUT2D eigenvalue weighted by atomic mass is 19.3. The Balaban J connectivity index is 1.66. The highest BCUT2D eigenvalue weighted by molar-refractivity contribution is 6.04. The molecule has 0 unspecified atom stereocenters. The molecule has 0 spiro atoms. The largest absolute Gasteiger partial charge is 0.450 e. The number of benzene rings is 2. The van der Waals surface area contributed by atoms with Crippen LogP contribution in [0.25, 0.3) is 38.8 Å². The van der Waals surface area contributed by atoms with E-state index in [1.54, 1.807) is 44.6 Å². The first-order valence-electron chi connectivity index (χ1n) is 11.8. The van der Waals surface area contributed by atoms with E-state index in [4.69, 9.17) is 4.74 Å². The van der Waals surface area contributed by atoms with Crippen LogP contribution in [-0.4, -0.2) is 31.8 Å². The van der Waals surface area contributed by atoms with Crippen molar-refractivity contribution in [3.63, 3.8) is 0 Å². The number of anilines is 1. The summed E-state index contributed by atoms with van der Waals surface area (Å²) in [6.07, 6.45) is 3.18. The maximum atomic E-state index is 14.4. The molecular formula is C28H23F2N5O3. The molecule has 5 rings (SSSR count). The molecule has 8 nitrogen and oxygen atoms in total. The molecule has 0 fully saturated rings. The fourth-order valence-electron chi connectivity index (χ4n) is 4.30. The lowest BCUT2D eigenvalue weighted by Gasteiger charge is -2.14. The lowest BCUT2D eigenvalue weighted by Crippen LogP contribution is -2.21. The number of nitrogens with zero attached hydrogens (tertiary/aromatic N) is 4. The first-order chi connectivity index (χ1) is 18.2. The number of halogens is 2. The van der Waals surface area contributed by atoms with Gasteiger partial charge in [-0.15, -0.1) is 0 Å². The second-order valence-corrected chi connectivity index (χ2v) is 8.56. The molecular weight excluding hydrogens is 492 g/mol. The summed E-state index contributed by atoms with van der Waals surface area (Å²) in [5.74, 6) is -2.91. The Morgan fingerprint density at radius 2 is 1.89 bits per heavy atom. The van der Waals surface area contributed by atoms with Crippen LogP contribution in [0.15, 0.2) is 84.4 Å². The third-order valence-electron chi connectivity index (χ3n) is 6.23. The maximum Gasteiger partial charge on any atom is 0.412 e. The van der Waals surface area contributed by atoms with Gasteiger partial charge >= 0.3 is 11.8 Å². The summed E-state index contributed by atoms with van der Waals surface area (Å²) in [5, 5.41) is 3.21. The number of imidazole rings is 1. The van der Waals surface area contributed by atoms with Gasteiger partial charge in [0, 0.05) is 29.8 Å². The molecule has 0 atom stereocenters. The number of amides is 1. The fourth-order valence-corrected chi connectivity index (χ4v) is 4.30. The van der Waals surface area contributed by atoms with Gasteiger partial charge in [-0.1, -0.05) is 24.8 Å². The number of aromatic nitrogens is 4. The quantitative estimate of drug-likeness (QED) is 0.289. The van der Waals surface area contributed by atoms with Gasteiger partial charge in [0.1, 0.15) is 5.82 Å². The molecule has 0 bridgehead atoms. The number of ether oxygens (including phenoxy) is 1. The topological polar surface area (TPSA) is 91.0 Å². The predicted molar refractivity (Wildman–Crippen MR) is 142 cm³/mol. The van der Waals surface area contributed by atoms with E-state index in [1.165, 1.54) is 27.3 Å². The van der Waals surface area contributed by atoms with Gasteiger partial charge in [0.25, 0.3) is 5.92 Å². The maximum absolute atomic E-state index is 14.4. The first-order valence-corrected chi connectivity index (χ1v) is 11.8. The minimum Gasteiger partial charge on any atom is -0.450 e. The van der Waals surface area contributed by atoms with Crippen LogP contribution in [0, 0.1) is 0 Å². The van der Waals surface area contributed by atoms with Crippen molar-refractivity contribution < 1.29 is 18.3 Å². The number of hydrogen-bond donors (Lipinski definition) is 1. The van der Waals surface area contributed by atoms with E-state index in [1.807, 2.05) is 18.2 Å². The molecule has 0 aliphatic heterocycles. The van der Waals surface area contributed by atoms with Crippen LogP contribution in [0.4, 0.5) is 19.4 Å². The Bertz CT molecular complexity index is 1760. The van der Waals surface area contributed by atoms with E-state index in [2.05, 4.69) is 21.9 Å². The summed E-state index contributed by atoms with van der Waals surface area (Å²) in [6.45, 7) is 5.18. The summed E-state index contributed by atoms with van der Waals surface area (Å²) >= 11 is 0. The zero-order valence-electron chi connectivity index (χ0n) is 20.6. The van der Waals surface area contributed by atoms with E-state index < -0.39 is 17.7 Å². The lowest BCUT2D eigenvalue weighted by atomic mass is 10.0. The molecule has 3 aromatic heterocycles. The summed E-state index contributed by atoms with van der Waals surface area (Å²) in [7, 11) is 1.61. The van der Waals surface area contributed by atoms with E-state index in [-0.39, 0.29) is 12.2 Å². The fraction of sp³-hybridized carbons (Fsp3) is 0.143. The van der Waals surface area contributed by atoms with Gasteiger partial charge in [-0.2, -0.15) is 8.78 Å². The molecule has 1 N–H and O–H groups in total. The Morgan fingerprint density at radius 1 is 1.11 bits per heavy atom. The molecule has 0 saturated carbocycles. The Hall–Kier alpha value is -4.86. The minimum absolute atomic E-state index is 0.245. The summed E-state index contributed by atoms with van der Waals surface area (Å²) in [5.41, 5.74) is 2.90. The Labute approximate surface area is 215 Å². The number of allylic oxidation sites excluding steroid dienone is 1. The predicted octanol–water partition coefficient (Wildman–Crippen LogP) is 5.79. The van der Waals surface area contributed by atoms with Crippen molar-refractivity contribution in [1.29, 1.82) is 0 Å². The van der Waals surface area contributed by atoms with Crippen molar-refractivity contribution in [1.82, 2.24) is 19.1 Å². The molecule has 0 radical (unpaired) electrons. The molecule has 0 aliphatic rings. The second-order valence-electron chi connectivity index (χ2n) is 8.56. The van der Waals surface area contributed by atoms with E-state index in [0.29, 0.717) is 39.5 Å². The SMILES string of the molecule is C=CC(F)(F)c1cccc(-n2c(=O)n(C)c3cnc4ccc(-c5ccc(NC(=O)OCC)nc5)cc4c32)c1. The van der Waals surface area contributed by atoms with Gasteiger partial charge in [0.2, 0.25) is 0 Å². The van der Waals surface area contributed by atoms with Crippen LogP contribution < -0.4 is 11.0 Å². The number of carbonyl (C=O) groups excluding carboxylic acids is 1. The molecule has 0 saturated heterocycles. The van der Waals surface area contributed by atoms with Crippen LogP contribution in [-0.2, 0) is 17.7 Å². The third kappa shape index (κ3) is 4.30. The molecule has 38 heavy (non-hydrogen) atoms. The Kier molecular flexibility index (Phi) is 6.23. The Morgan fingerprint density at radius 3 is 2.61 bits per heavy atom. The number of rotatable bonds is 6. The second kappa shape index (κ2) is 9.55. The van der Waals surface area contributed by atoms with Gasteiger partial charge in [-0.3, -0.25) is 19.4 Å².